The summed E-state index contributed by atoms with van der Waals surface area (Å²) in [4.78, 5) is 0. The summed E-state index contributed by atoms with van der Waals surface area (Å²) >= 11 is 0. The Bertz CT molecular complexity index is 814. The molecule has 5 spiro atoms. The van der Waals surface area contributed by atoms with E-state index in [-0.39, 0.29) is 0 Å². The monoisotopic (exact) mass is 687 g/mol. The van der Waals surface area contributed by atoms with Crippen LogP contribution in [-0.4, -0.2) is 118 Å². The molecule has 1 saturated carbocycles. The van der Waals surface area contributed by atoms with Crippen LogP contribution >= 0.6 is 0 Å². The molecule has 0 bridgehead atoms. The fourth-order valence-corrected chi connectivity index (χ4v) is 10.6. The number of piperidine rings is 5. The average Bonchev–Trinajstić information content (AvgIpc) is 3.82. The second kappa shape index (κ2) is 19.1. The molecule has 284 valence electrons. The van der Waals surface area contributed by atoms with Crippen molar-refractivity contribution in [1.82, 2.24) is 42.5 Å². The van der Waals surface area contributed by atoms with Crippen LogP contribution in [0.3, 0.4) is 0 Å². The Hall–Kier alpha value is -0.360. The molecule has 0 unspecified atom stereocenters. The Balaban J connectivity index is 0.000000107. The highest BCUT2D eigenvalue weighted by Crippen LogP contribution is 2.43. The maximum atomic E-state index is 5.12. The quantitative estimate of drug-likeness (QED) is 0.195. The van der Waals surface area contributed by atoms with Crippen molar-refractivity contribution >= 4 is 0 Å². The molecule has 9 saturated heterocycles. The maximum Gasteiger partial charge on any atom is 0.0557 e. The van der Waals surface area contributed by atoms with E-state index in [1.165, 1.54) is 214 Å². The zero-order chi connectivity index (χ0) is 33.6. The van der Waals surface area contributed by atoms with Gasteiger partial charge in [-0.3, -0.25) is 0 Å². The zero-order valence-electron chi connectivity index (χ0n) is 31.7. The van der Waals surface area contributed by atoms with E-state index in [0.717, 1.165) is 29.5 Å². The van der Waals surface area contributed by atoms with Crippen LogP contribution in [0.1, 0.15) is 109 Å². The fourth-order valence-electron chi connectivity index (χ4n) is 10.6. The Labute approximate surface area is 300 Å². The Kier molecular flexibility index (Phi) is 15.0. The fraction of sp³-hybridized carbons (Fsp3) is 1.00. The summed E-state index contributed by atoms with van der Waals surface area (Å²) in [6, 6.07) is 0. The van der Waals surface area contributed by atoms with Gasteiger partial charge < -0.3 is 47.3 Å². The molecule has 0 amide bonds. The number of ether oxygens (including phenoxy) is 1. The van der Waals surface area contributed by atoms with Crippen LogP contribution in [0, 0.1) is 27.1 Å². The molecule has 0 aromatic carbocycles. The second-order valence-corrected chi connectivity index (χ2v) is 18.3. The molecule has 9 aliphatic heterocycles. The number of hydrogen-bond donors (Lipinski definition) is 8. The van der Waals surface area contributed by atoms with Gasteiger partial charge in [-0.15, -0.1) is 0 Å². The number of nitrogens with one attached hydrogen (secondary N) is 8. The first kappa shape index (κ1) is 38.4. The largest absolute Gasteiger partial charge is 0.380 e. The van der Waals surface area contributed by atoms with Crippen LogP contribution in [0.5, 0.6) is 0 Å². The van der Waals surface area contributed by atoms with Gasteiger partial charge in [0.2, 0.25) is 0 Å². The van der Waals surface area contributed by atoms with Crippen LogP contribution in [0.2, 0.25) is 0 Å². The smallest absolute Gasteiger partial charge is 0.0557 e. The first-order valence-electron chi connectivity index (χ1n) is 21.3. The molecule has 0 aromatic heterocycles. The van der Waals surface area contributed by atoms with Crippen molar-refractivity contribution in [3.05, 3.63) is 0 Å². The topological polar surface area (TPSA) is 105 Å². The SMILES string of the molecule is C1CC2(CCN1)CCNC2.C1CC2(CCN1)CCNCC2.C1CC2(CCN1)CNC2.C1CC2(CN1)COC2.C1CCC2(CC1)CCNCC2. The predicted molar refractivity (Wildman–Crippen MR) is 204 cm³/mol. The number of rotatable bonds is 0. The molecule has 1 aliphatic carbocycles. The van der Waals surface area contributed by atoms with Crippen molar-refractivity contribution < 1.29 is 4.74 Å². The highest BCUT2D eigenvalue weighted by molar-refractivity contribution is 4.95. The molecule has 0 atom stereocenters. The molecule has 10 fully saturated rings. The highest BCUT2D eigenvalue weighted by Gasteiger charge is 2.41. The number of hydrogen-bond acceptors (Lipinski definition) is 9. The van der Waals surface area contributed by atoms with E-state index in [9.17, 15) is 0 Å². The summed E-state index contributed by atoms with van der Waals surface area (Å²) in [5, 5.41) is 27.3. The van der Waals surface area contributed by atoms with E-state index in [1.54, 1.807) is 0 Å². The average molecular weight is 687 g/mol. The van der Waals surface area contributed by atoms with Crippen LogP contribution in [0.15, 0.2) is 0 Å². The van der Waals surface area contributed by atoms with Crippen LogP contribution in [-0.2, 0) is 4.74 Å². The molecule has 9 heteroatoms. The van der Waals surface area contributed by atoms with Gasteiger partial charge in [0.1, 0.15) is 0 Å². The first-order chi connectivity index (χ1) is 24.1. The lowest BCUT2D eigenvalue weighted by Crippen LogP contribution is -2.57. The molecule has 8 N–H and O–H groups in total. The van der Waals surface area contributed by atoms with Gasteiger partial charge in [0.05, 0.1) is 13.2 Å². The van der Waals surface area contributed by atoms with Crippen molar-refractivity contribution in [2.45, 2.75) is 109 Å². The van der Waals surface area contributed by atoms with Crippen molar-refractivity contribution in [3.8, 4) is 0 Å². The highest BCUT2D eigenvalue weighted by atomic mass is 16.5. The van der Waals surface area contributed by atoms with E-state index >= 15 is 0 Å². The normalized spacial score (nSPS) is 31.3. The van der Waals surface area contributed by atoms with Gasteiger partial charge in [-0.25, -0.2) is 0 Å². The van der Waals surface area contributed by atoms with Gasteiger partial charge in [-0.05, 0) is 190 Å². The molecule has 10 aliphatic rings. The van der Waals surface area contributed by atoms with Crippen LogP contribution in [0.4, 0.5) is 0 Å². The van der Waals surface area contributed by atoms with Crippen molar-refractivity contribution in [2.24, 2.45) is 27.1 Å². The van der Waals surface area contributed by atoms with Gasteiger partial charge in [0, 0.05) is 31.6 Å². The minimum atomic E-state index is 0.583. The molecule has 9 heterocycles. The predicted octanol–water partition coefficient (Wildman–Crippen LogP) is 3.37. The van der Waals surface area contributed by atoms with Gasteiger partial charge >= 0.3 is 0 Å². The van der Waals surface area contributed by atoms with Crippen molar-refractivity contribution in [3.63, 3.8) is 0 Å². The maximum absolute atomic E-state index is 5.12. The van der Waals surface area contributed by atoms with Gasteiger partial charge in [-0.2, -0.15) is 0 Å². The molecule has 49 heavy (non-hydrogen) atoms. The third-order valence-electron chi connectivity index (χ3n) is 14.7. The van der Waals surface area contributed by atoms with E-state index in [1.807, 2.05) is 0 Å². The van der Waals surface area contributed by atoms with Gasteiger partial charge in [-0.1, -0.05) is 19.3 Å². The lowest BCUT2D eigenvalue weighted by molar-refractivity contribution is -0.0995. The first-order valence-corrected chi connectivity index (χ1v) is 21.3. The van der Waals surface area contributed by atoms with Crippen LogP contribution < -0.4 is 42.5 Å². The lowest BCUT2D eigenvalue weighted by atomic mass is 9.68. The summed E-state index contributed by atoms with van der Waals surface area (Å²) < 4.78 is 5.12. The van der Waals surface area contributed by atoms with E-state index < -0.39 is 0 Å². The third-order valence-corrected chi connectivity index (χ3v) is 14.7. The summed E-state index contributed by atoms with van der Waals surface area (Å²) in [6.07, 6.45) is 24.4. The van der Waals surface area contributed by atoms with Crippen molar-refractivity contribution in [1.29, 1.82) is 0 Å². The molecular weight excluding hydrogens is 608 g/mol. The molecule has 0 radical (unpaired) electrons. The van der Waals surface area contributed by atoms with E-state index in [4.69, 9.17) is 4.74 Å². The Morgan fingerprint density at radius 3 is 0.837 bits per heavy atom. The Morgan fingerprint density at radius 2 is 0.551 bits per heavy atom. The Morgan fingerprint density at radius 1 is 0.245 bits per heavy atom. The van der Waals surface area contributed by atoms with Gasteiger partial charge in [0.25, 0.3) is 0 Å². The molecule has 9 nitrogen and oxygen atoms in total. The standard InChI is InChI=1S/C10H19N.C9H18N2.C8H16N2.C7H14N2.C6H11NO/c1-2-4-10(5-3-1)6-8-11-9-7-10;1-5-10-6-2-9(1)3-7-11-8-4-9;1-4-9-5-2-8(1)3-6-10-7-8;1-3-8-4-2-7(1)5-9-6-7;1-2-7-3-6(1)4-8-5-6/h11H,1-9H2;10-11H,1-8H2;9-10H,1-7H2;8-9H,1-6H2;7H,1-5H2. The van der Waals surface area contributed by atoms with E-state index in [2.05, 4.69) is 42.5 Å². The molecule has 0 aromatic rings. The minimum absolute atomic E-state index is 0.583. The minimum Gasteiger partial charge on any atom is -0.380 e. The van der Waals surface area contributed by atoms with Gasteiger partial charge in [0.15, 0.2) is 0 Å². The second-order valence-electron chi connectivity index (χ2n) is 18.3. The summed E-state index contributed by atoms with van der Waals surface area (Å²) in [5.74, 6) is 0. The summed E-state index contributed by atoms with van der Waals surface area (Å²) in [5.41, 5.74) is 3.54. The molecule has 10 rings (SSSR count). The van der Waals surface area contributed by atoms with Crippen molar-refractivity contribution in [2.75, 3.05) is 118 Å². The van der Waals surface area contributed by atoms with Crippen LogP contribution in [0.25, 0.3) is 0 Å². The summed E-state index contributed by atoms with van der Waals surface area (Å²) in [6.45, 7) is 22.0. The summed E-state index contributed by atoms with van der Waals surface area (Å²) in [7, 11) is 0. The lowest BCUT2D eigenvalue weighted by Gasteiger charge is -2.45. The third kappa shape index (κ3) is 11.3. The van der Waals surface area contributed by atoms with E-state index in [0.29, 0.717) is 10.8 Å². The molecular formula is C40H78N8O. The zero-order valence-corrected chi connectivity index (χ0v) is 31.7.